The maximum atomic E-state index is 4.27. The van der Waals surface area contributed by atoms with Crippen molar-refractivity contribution in [2.75, 3.05) is 0 Å². The lowest BCUT2D eigenvalue weighted by molar-refractivity contribution is 0.418. The van der Waals surface area contributed by atoms with Crippen molar-refractivity contribution in [1.29, 1.82) is 0 Å². The van der Waals surface area contributed by atoms with Gasteiger partial charge in [0.25, 0.3) is 0 Å². The fourth-order valence-corrected chi connectivity index (χ4v) is 3.27. The van der Waals surface area contributed by atoms with Crippen LogP contribution in [0.15, 0.2) is 35.5 Å². The van der Waals surface area contributed by atoms with Crippen LogP contribution < -0.4 is 0 Å². The normalized spacial score (nSPS) is 22.9. The van der Waals surface area contributed by atoms with Crippen LogP contribution in [0.1, 0.15) is 71.1 Å². The molecule has 0 N–H and O–H groups in total. The second kappa shape index (κ2) is 6.97. The van der Waals surface area contributed by atoms with E-state index < -0.39 is 0 Å². The summed E-state index contributed by atoms with van der Waals surface area (Å²) in [4.78, 5) is 0. The molecule has 2 aliphatic carbocycles. The van der Waals surface area contributed by atoms with Gasteiger partial charge in [-0.25, -0.2) is 0 Å². The molecule has 0 radical (unpaired) electrons. The van der Waals surface area contributed by atoms with Gasteiger partial charge in [-0.3, -0.25) is 0 Å². The highest BCUT2D eigenvalue weighted by Gasteiger charge is 2.11. The minimum absolute atomic E-state index is 0.820. The van der Waals surface area contributed by atoms with Crippen LogP contribution in [0.5, 0.6) is 0 Å². The Hall–Kier alpha value is -0.780. The third-order valence-corrected chi connectivity index (χ3v) is 4.52. The van der Waals surface area contributed by atoms with Gasteiger partial charge in [0.15, 0.2) is 0 Å². The molecule has 0 nitrogen and oxygen atoms in total. The first-order valence-corrected chi connectivity index (χ1v) is 7.83. The molecule has 0 atom stereocenters. The Morgan fingerprint density at radius 3 is 2.28 bits per heavy atom. The molecule has 0 heterocycles. The van der Waals surface area contributed by atoms with Gasteiger partial charge in [-0.1, -0.05) is 50.0 Å². The predicted molar refractivity (Wildman–Crippen MR) is 80.6 cm³/mol. The summed E-state index contributed by atoms with van der Waals surface area (Å²) in [5, 5.41) is 0. The smallest absolute Gasteiger partial charge is 0.0228 e. The summed E-state index contributed by atoms with van der Waals surface area (Å²) < 4.78 is 0. The van der Waals surface area contributed by atoms with Gasteiger partial charge in [0, 0.05) is 0 Å². The van der Waals surface area contributed by atoms with Crippen LogP contribution in [0, 0.1) is 5.92 Å². The Morgan fingerprint density at radius 1 is 1.00 bits per heavy atom. The lowest BCUT2D eigenvalue weighted by atomic mass is 9.86. The monoisotopic (exact) mass is 244 g/mol. The van der Waals surface area contributed by atoms with E-state index in [9.17, 15) is 0 Å². The first-order valence-electron chi connectivity index (χ1n) is 7.83. The Bertz CT molecular complexity index is 329. The lowest BCUT2D eigenvalue weighted by Crippen LogP contribution is -2.04. The second-order valence-corrected chi connectivity index (χ2v) is 6.14. The Labute approximate surface area is 113 Å². The molecule has 0 bridgehead atoms. The van der Waals surface area contributed by atoms with E-state index in [1.807, 2.05) is 0 Å². The minimum Gasteiger partial charge on any atom is -0.0915 e. The summed E-state index contributed by atoms with van der Waals surface area (Å²) in [5.74, 6) is 0.820. The maximum absolute atomic E-state index is 4.27. The van der Waals surface area contributed by atoms with Crippen LogP contribution in [0.2, 0.25) is 0 Å². The van der Waals surface area contributed by atoms with E-state index in [2.05, 4.69) is 25.7 Å². The van der Waals surface area contributed by atoms with Crippen LogP contribution >= 0.6 is 0 Å². The SMILES string of the molecule is C=C(C=C1CCCCC1)C(C)=CC1CCCCC1. The largest absolute Gasteiger partial charge is 0.0915 e. The minimum atomic E-state index is 0.820. The molecular formula is C18H28. The topological polar surface area (TPSA) is 0 Å². The van der Waals surface area contributed by atoms with Gasteiger partial charge in [0.2, 0.25) is 0 Å². The molecule has 2 saturated carbocycles. The average molecular weight is 244 g/mol. The van der Waals surface area contributed by atoms with Crippen molar-refractivity contribution in [2.24, 2.45) is 5.92 Å². The Kier molecular flexibility index (Phi) is 5.28. The molecule has 100 valence electrons. The van der Waals surface area contributed by atoms with Gasteiger partial charge in [0.05, 0.1) is 0 Å². The maximum Gasteiger partial charge on any atom is -0.0228 e. The molecule has 2 aliphatic rings. The number of rotatable bonds is 3. The van der Waals surface area contributed by atoms with Crippen LogP contribution in [0.4, 0.5) is 0 Å². The highest BCUT2D eigenvalue weighted by atomic mass is 14.2. The van der Waals surface area contributed by atoms with Gasteiger partial charge in [0.1, 0.15) is 0 Å². The van der Waals surface area contributed by atoms with Crippen molar-refractivity contribution in [3.05, 3.63) is 35.5 Å². The molecule has 0 spiro atoms. The van der Waals surface area contributed by atoms with Crippen LogP contribution in [-0.2, 0) is 0 Å². The fourth-order valence-electron chi connectivity index (χ4n) is 3.27. The summed E-state index contributed by atoms with van der Waals surface area (Å²) >= 11 is 0. The molecule has 0 heteroatoms. The second-order valence-electron chi connectivity index (χ2n) is 6.14. The molecule has 0 aromatic carbocycles. The molecular weight excluding hydrogens is 216 g/mol. The number of hydrogen-bond acceptors (Lipinski definition) is 0. The van der Waals surface area contributed by atoms with Gasteiger partial charge in [-0.05, 0) is 62.5 Å². The first kappa shape index (κ1) is 13.6. The molecule has 0 saturated heterocycles. The summed E-state index contributed by atoms with van der Waals surface area (Å²) in [5.41, 5.74) is 4.31. The van der Waals surface area contributed by atoms with Gasteiger partial charge in [-0.2, -0.15) is 0 Å². The van der Waals surface area contributed by atoms with Crippen LogP contribution in [-0.4, -0.2) is 0 Å². The third-order valence-electron chi connectivity index (χ3n) is 4.52. The van der Waals surface area contributed by atoms with Crippen molar-refractivity contribution in [3.8, 4) is 0 Å². The van der Waals surface area contributed by atoms with Gasteiger partial charge >= 0.3 is 0 Å². The van der Waals surface area contributed by atoms with E-state index in [0.29, 0.717) is 0 Å². The molecule has 0 amide bonds. The van der Waals surface area contributed by atoms with Crippen LogP contribution in [0.3, 0.4) is 0 Å². The van der Waals surface area contributed by atoms with Crippen molar-refractivity contribution < 1.29 is 0 Å². The van der Waals surface area contributed by atoms with E-state index >= 15 is 0 Å². The van der Waals surface area contributed by atoms with E-state index in [4.69, 9.17) is 0 Å². The Balaban J connectivity index is 1.92. The molecule has 0 unspecified atom stereocenters. The third kappa shape index (κ3) is 4.15. The summed E-state index contributed by atoms with van der Waals surface area (Å²) in [6, 6.07) is 0. The molecule has 0 aromatic heterocycles. The zero-order chi connectivity index (χ0) is 12.8. The number of allylic oxidation sites excluding steroid dienone is 5. The van der Waals surface area contributed by atoms with E-state index in [0.717, 1.165) is 5.92 Å². The zero-order valence-corrected chi connectivity index (χ0v) is 12.0. The standard InChI is InChI=1S/C18H28/c1-15(13-17-9-5-3-6-10-17)16(2)14-18-11-7-4-8-12-18/h13-14,18H,1,3-12H2,2H3. The lowest BCUT2D eigenvalue weighted by Gasteiger charge is -2.19. The molecule has 18 heavy (non-hydrogen) atoms. The quantitative estimate of drug-likeness (QED) is 0.537. The predicted octanol–water partition coefficient (Wildman–Crippen LogP) is 5.96. The van der Waals surface area contributed by atoms with E-state index in [1.54, 1.807) is 5.57 Å². The first-order chi connectivity index (χ1) is 8.75. The van der Waals surface area contributed by atoms with Gasteiger partial charge in [-0.15, -0.1) is 0 Å². The summed E-state index contributed by atoms with van der Waals surface area (Å²) in [6.07, 6.45) is 18.7. The summed E-state index contributed by atoms with van der Waals surface area (Å²) in [7, 11) is 0. The van der Waals surface area contributed by atoms with Crippen LogP contribution in [0.25, 0.3) is 0 Å². The van der Waals surface area contributed by atoms with E-state index in [1.165, 1.54) is 75.4 Å². The summed E-state index contributed by atoms with van der Waals surface area (Å²) in [6.45, 7) is 6.52. The van der Waals surface area contributed by atoms with Crippen molar-refractivity contribution in [2.45, 2.75) is 71.1 Å². The number of hydrogen-bond donors (Lipinski definition) is 0. The van der Waals surface area contributed by atoms with Crippen molar-refractivity contribution in [1.82, 2.24) is 0 Å². The fraction of sp³-hybridized carbons (Fsp3) is 0.667. The molecule has 0 aromatic rings. The highest BCUT2D eigenvalue weighted by Crippen LogP contribution is 2.28. The molecule has 0 aliphatic heterocycles. The molecule has 2 rings (SSSR count). The average Bonchev–Trinajstić information content (AvgIpc) is 2.41. The zero-order valence-electron chi connectivity index (χ0n) is 12.0. The molecule has 2 fully saturated rings. The van der Waals surface area contributed by atoms with Gasteiger partial charge < -0.3 is 0 Å². The van der Waals surface area contributed by atoms with E-state index in [-0.39, 0.29) is 0 Å². The van der Waals surface area contributed by atoms with Crippen molar-refractivity contribution in [3.63, 3.8) is 0 Å². The Morgan fingerprint density at radius 2 is 1.61 bits per heavy atom. The highest BCUT2D eigenvalue weighted by molar-refractivity contribution is 5.38. The van der Waals surface area contributed by atoms with Crippen molar-refractivity contribution >= 4 is 0 Å².